The van der Waals surface area contributed by atoms with Crippen molar-refractivity contribution >= 4 is 34.7 Å². The highest BCUT2D eigenvalue weighted by Crippen LogP contribution is 2.28. The van der Waals surface area contributed by atoms with Crippen molar-refractivity contribution in [3.05, 3.63) is 58.7 Å². The van der Waals surface area contributed by atoms with Crippen LogP contribution >= 0.6 is 11.6 Å². The van der Waals surface area contributed by atoms with Crippen LogP contribution in [0, 0.1) is 13.8 Å². The Bertz CT molecular complexity index is 900. The first kappa shape index (κ1) is 17.0. The van der Waals surface area contributed by atoms with Crippen LogP contribution in [0.3, 0.4) is 0 Å². The summed E-state index contributed by atoms with van der Waals surface area (Å²) in [5, 5.41) is 14.9. The largest absolute Gasteiger partial charge is 0.495 e. The van der Waals surface area contributed by atoms with Gasteiger partial charge in [0.05, 0.1) is 18.3 Å². The van der Waals surface area contributed by atoms with Crippen LogP contribution in [0.2, 0.25) is 5.02 Å². The lowest BCUT2D eigenvalue weighted by Crippen LogP contribution is -2.03. The molecule has 7 heteroatoms. The second-order valence-corrected chi connectivity index (χ2v) is 5.92. The van der Waals surface area contributed by atoms with Gasteiger partial charge in [0.2, 0.25) is 5.95 Å². The molecule has 3 aromatic rings. The van der Waals surface area contributed by atoms with E-state index in [4.69, 9.17) is 16.3 Å². The van der Waals surface area contributed by atoms with E-state index in [1.54, 1.807) is 25.4 Å². The molecular weight excluding hydrogens is 338 g/mol. The number of rotatable bonds is 5. The fraction of sp³-hybridized carbons (Fsp3) is 0.167. The summed E-state index contributed by atoms with van der Waals surface area (Å²) in [6.45, 7) is 4.11. The van der Waals surface area contributed by atoms with Crippen LogP contribution in [0.25, 0.3) is 0 Å². The summed E-state index contributed by atoms with van der Waals surface area (Å²) in [7, 11) is 1.58. The van der Waals surface area contributed by atoms with Crippen LogP contribution in [0.1, 0.15) is 11.1 Å². The van der Waals surface area contributed by atoms with Crippen molar-refractivity contribution in [1.29, 1.82) is 0 Å². The lowest BCUT2D eigenvalue weighted by Gasteiger charge is -2.11. The molecule has 25 heavy (non-hydrogen) atoms. The van der Waals surface area contributed by atoms with Gasteiger partial charge >= 0.3 is 0 Å². The fourth-order valence-corrected chi connectivity index (χ4v) is 2.57. The Morgan fingerprint density at radius 2 is 1.92 bits per heavy atom. The van der Waals surface area contributed by atoms with E-state index in [0.717, 1.165) is 16.9 Å². The zero-order valence-corrected chi connectivity index (χ0v) is 14.9. The van der Waals surface area contributed by atoms with Crippen LogP contribution in [0.15, 0.2) is 42.6 Å². The minimum absolute atomic E-state index is 0.415. The van der Waals surface area contributed by atoms with Gasteiger partial charge < -0.3 is 15.4 Å². The van der Waals surface area contributed by atoms with Gasteiger partial charge in [-0.1, -0.05) is 23.7 Å². The van der Waals surface area contributed by atoms with Gasteiger partial charge in [0.25, 0.3) is 0 Å². The molecule has 0 aliphatic carbocycles. The van der Waals surface area contributed by atoms with E-state index in [-0.39, 0.29) is 0 Å². The van der Waals surface area contributed by atoms with Gasteiger partial charge in [-0.15, -0.1) is 5.10 Å². The van der Waals surface area contributed by atoms with Crippen molar-refractivity contribution in [1.82, 2.24) is 15.2 Å². The number of aromatic nitrogens is 3. The Labute approximate surface area is 151 Å². The third kappa shape index (κ3) is 3.97. The molecule has 1 aromatic heterocycles. The lowest BCUT2D eigenvalue weighted by molar-refractivity contribution is 0.415. The Morgan fingerprint density at radius 3 is 2.68 bits per heavy atom. The van der Waals surface area contributed by atoms with Gasteiger partial charge in [-0.05, 0) is 49.2 Å². The van der Waals surface area contributed by atoms with Crippen molar-refractivity contribution in [2.75, 3.05) is 17.7 Å². The SMILES string of the molecule is COc1ccc(Nc2cnnc(Nc3cccc(C)c3C)n2)cc1Cl. The van der Waals surface area contributed by atoms with Gasteiger partial charge in [-0.3, -0.25) is 0 Å². The summed E-state index contributed by atoms with van der Waals surface area (Å²) < 4.78 is 5.15. The van der Waals surface area contributed by atoms with E-state index in [9.17, 15) is 0 Å². The number of nitrogens with one attached hydrogen (secondary N) is 2. The van der Waals surface area contributed by atoms with E-state index in [1.165, 1.54) is 5.56 Å². The molecule has 0 saturated carbocycles. The zero-order chi connectivity index (χ0) is 17.8. The standard InChI is InChI=1S/C18H18ClN5O/c1-11-5-4-6-15(12(11)2)22-18-23-17(10-20-24-18)21-13-7-8-16(25-3)14(19)9-13/h4-10H,1-3H3,(H2,21,22,23,24). The molecule has 1 heterocycles. The number of benzene rings is 2. The van der Waals surface area contributed by atoms with Gasteiger partial charge in [0, 0.05) is 11.4 Å². The van der Waals surface area contributed by atoms with Gasteiger partial charge in [-0.25, -0.2) is 0 Å². The third-order valence-corrected chi connectivity index (χ3v) is 4.13. The van der Waals surface area contributed by atoms with Crippen LogP contribution in [-0.4, -0.2) is 22.3 Å². The van der Waals surface area contributed by atoms with E-state index in [0.29, 0.717) is 22.5 Å². The number of aryl methyl sites for hydroxylation is 1. The molecule has 3 rings (SSSR count). The molecular formula is C18H18ClN5O. The maximum Gasteiger partial charge on any atom is 0.249 e. The minimum Gasteiger partial charge on any atom is -0.495 e. The molecule has 0 radical (unpaired) electrons. The molecule has 128 valence electrons. The number of hydrogen-bond acceptors (Lipinski definition) is 6. The predicted molar refractivity (Wildman–Crippen MR) is 100 cm³/mol. The summed E-state index contributed by atoms with van der Waals surface area (Å²) in [5.41, 5.74) is 4.07. The number of nitrogens with zero attached hydrogens (tertiary/aromatic N) is 3. The summed E-state index contributed by atoms with van der Waals surface area (Å²) in [6.07, 6.45) is 1.55. The van der Waals surface area contributed by atoms with Crippen molar-refractivity contribution in [3.63, 3.8) is 0 Å². The van der Waals surface area contributed by atoms with Crippen LogP contribution in [0.5, 0.6) is 5.75 Å². The molecule has 0 aliphatic rings. The van der Waals surface area contributed by atoms with E-state index in [2.05, 4.69) is 38.8 Å². The Balaban J connectivity index is 1.79. The second kappa shape index (κ2) is 7.36. The van der Waals surface area contributed by atoms with Crippen molar-refractivity contribution in [3.8, 4) is 5.75 Å². The number of methoxy groups -OCH3 is 1. The van der Waals surface area contributed by atoms with Gasteiger partial charge in [0.15, 0.2) is 5.82 Å². The number of hydrogen-bond donors (Lipinski definition) is 2. The molecule has 2 aromatic carbocycles. The Kier molecular flexibility index (Phi) is 5.00. The molecule has 0 amide bonds. The summed E-state index contributed by atoms with van der Waals surface area (Å²) in [5.74, 6) is 1.59. The first-order chi connectivity index (χ1) is 12.1. The van der Waals surface area contributed by atoms with Crippen molar-refractivity contribution < 1.29 is 4.74 Å². The average molecular weight is 356 g/mol. The average Bonchev–Trinajstić information content (AvgIpc) is 2.60. The molecule has 0 atom stereocenters. The molecule has 6 nitrogen and oxygen atoms in total. The van der Waals surface area contributed by atoms with Crippen LogP contribution in [-0.2, 0) is 0 Å². The van der Waals surface area contributed by atoms with Crippen molar-refractivity contribution in [2.45, 2.75) is 13.8 Å². The van der Waals surface area contributed by atoms with E-state index in [1.807, 2.05) is 25.1 Å². The maximum atomic E-state index is 6.14. The summed E-state index contributed by atoms with van der Waals surface area (Å²) in [6, 6.07) is 11.4. The molecule has 0 spiro atoms. The quantitative estimate of drug-likeness (QED) is 0.694. The molecule has 2 N–H and O–H groups in total. The van der Waals surface area contributed by atoms with E-state index < -0.39 is 0 Å². The van der Waals surface area contributed by atoms with E-state index >= 15 is 0 Å². The second-order valence-electron chi connectivity index (χ2n) is 5.51. The molecule has 0 saturated heterocycles. The van der Waals surface area contributed by atoms with Crippen molar-refractivity contribution in [2.24, 2.45) is 0 Å². The maximum absolute atomic E-state index is 6.14. The summed E-state index contributed by atoms with van der Waals surface area (Å²) in [4.78, 5) is 4.44. The highest BCUT2D eigenvalue weighted by molar-refractivity contribution is 6.32. The molecule has 0 aliphatic heterocycles. The highest BCUT2D eigenvalue weighted by atomic mass is 35.5. The smallest absolute Gasteiger partial charge is 0.249 e. The molecule has 0 bridgehead atoms. The minimum atomic E-state index is 0.415. The fourth-order valence-electron chi connectivity index (χ4n) is 2.32. The predicted octanol–water partition coefficient (Wildman–Crippen LogP) is 4.64. The monoisotopic (exact) mass is 355 g/mol. The van der Waals surface area contributed by atoms with Crippen LogP contribution < -0.4 is 15.4 Å². The summed E-state index contributed by atoms with van der Waals surface area (Å²) >= 11 is 6.14. The number of halogens is 1. The first-order valence-corrected chi connectivity index (χ1v) is 8.08. The number of ether oxygens (including phenoxy) is 1. The Hall–Kier alpha value is -2.86. The third-order valence-electron chi connectivity index (χ3n) is 3.83. The molecule has 0 fully saturated rings. The van der Waals surface area contributed by atoms with Crippen LogP contribution in [0.4, 0.5) is 23.1 Å². The van der Waals surface area contributed by atoms with Gasteiger partial charge in [0.1, 0.15) is 5.75 Å². The molecule has 0 unspecified atom stereocenters. The highest BCUT2D eigenvalue weighted by Gasteiger charge is 2.06. The normalized spacial score (nSPS) is 10.4. The topological polar surface area (TPSA) is 72.0 Å². The first-order valence-electron chi connectivity index (χ1n) is 7.70. The zero-order valence-electron chi connectivity index (χ0n) is 14.2. The van der Waals surface area contributed by atoms with Gasteiger partial charge in [-0.2, -0.15) is 10.1 Å². The Morgan fingerprint density at radius 1 is 1.08 bits per heavy atom. The lowest BCUT2D eigenvalue weighted by atomic mass is 10.1. The number of anilines is 4.